The minimum Gasteiger partial charge on any atom is -0.402 e. The summed E-state index contributed by atoms with van der Waals surface area (Å²) in [5, 5.41) is 0. The highest BCUT2D eigenvalue weighted by atomic mass is 79.9. The van der Waals surface area contributed by atoms with Crippen LogP contribution in [0.4, 0.5) is 5.69 Å². The Morgan fingerprint density at radius 1 is 0.750 bits per heavy atom. The van der Waals surface area contributed by atoms with Gasteiger partial charge < -0.3 is 4.81 Å². The van der Waals surface area contributed by atoms with Crippen LogP contribution in [0.1, 0.15) is 11.1 Å². The number of fused-ring (bicyclic) bond motifs is 1. The highest BCUT2D eigenvalue weighted by Crippen LogP contribution is 2.34. The first kappa shape index (κ1) is 15.3. The van der Waals surface area contributed by atoms with E-state index in [1.54, 1.807) is 0 Å². The van der Waals surface area contributed by atoms with Crippen LogP contribution in [-0.4, -0.2) is 6.85 Å². The summed E-state index contributed by atoms with van der Waals surface area (Å²) in [7, 11) is 0. The summed E-state index contributed by atoms with van der Waals surface area (Å²) in [6.45, 7) is 1.07. The molecule has 0 amide bonds. The molecule has 3 heteroatoms. The molecule has 0 spiro atoms. The van der Waals surface area contributed by atoms with Gasteiger partial charge >= 0.3 is 6.85 Å². The van der Waals surface area contributed by atoms with Gasteiger partial charge in [0.15, 0.2) is 0 Å². The number of halogens is 1. The van der Waals surface area contributed by atoms with Gasteiger partial charge in [-0.25, -0.2) is 0 Å². The Labute approximate surface area is 151 Å². The predicted molar refractivity (Wildman–Crippen MR) is 108 cm³/mol. The predicted octanol–water partition coefficient (Wildman–Crippen LogP) is 4.88. The van der Waals surface area contributed by atoms with Crippen molar-refractivity contribution in [2.75, 3.05) is 4.81 Å². The van der Waals surface area contributed by atoms with E-state index in [9.17, 15) is 0 Å². The maximum Gasteiger partial charge on any atom is 0.331 e. The minimum absolute atomic E-state index is 0.196. The highest BCUT2D eigenvalue weighted by molar-refractivity contribution is 9.12. The standard InChI is InChI=1S/C21H17BBrN/c23-21-15-18-11-7-8-14-20(18)24(16-17-9-3-1-4-10-17)22(21)19-12-5-2-6-13-19/h1-15H,16H2. The third-order valence-corrected chi connectivity index (χ3v) is 5.09. The summed E-state index contributed by atoms with van der Waals surface area (Å²) in [5.74, 6) is 0. The van der Waals surface area contributed by atoms with Gasteiger partial charge in [-0.15, -0.1) is 0 Å². The van der Waals surface area contributed by atoms with Crippen LogP contribution >= 0.6 is 15.9 Å². The SMILES string of the molecule is BrC1=Cc2ccccc2N(Cc2ccccc2)B1c1ccccc1. The fourth-order valence-corrected chi connectivity index (χ4v) is 4.08. The first-order valence-electron chi connectivity index (χ1n) is 8.14. The lowest BCUT2D eigenvalue weighted by Gasteiger charge is -2.36. The average molecular weight is 374 g/mol. The van der Waals surface area contributed by atoms with Crippen molar-refractivity contribution in [2.24, 2.45) is 0 Å². The lowest BCUT2D eigenvalue weighted by Crippen LogP contribution is -2.50. The molecule has 4 rings (SSSR count). The molecule has 0 unspecified atom stereocenters. The monoisotopic (exact) mass is 373 g/mol. The largest absolute Gasteiger partial charge is 0.402 e. The summed E-state index contributed by atoms with van der Waals surface area (Å²) in [6, 6.07) is 29.9. The average Bonchev–Trinajstić information content (AvgIpc) is 2.63. The molecular formula is C21H17BBrN. The lowest BCUT2D eigenvalue weighted by molar-refractivity contribution is 1.02. The fraction of sp³-hybridized carbons (Fsp3) is 0.0476. The normalized spacial score (nSPS) is 13.5. The fourth-order valence-electron chi connectivity index (χ4n) is 3.32. The van der Waals surface area contributed by atoms with Gasteiger partial charge in [0.05, 0.1) is 0 Å². The third-order valence-electron chi connectivity index (χ3n) is 4.42. The summed E-state index contributed by atoms with van der Waals surface area (Å²) in [5.41, 5.74) is 5.15. The number of rotatable bonds is 3. The van der Waals surface area contributed by atoms with Gasteiger partial charge in [0.25, 0.3) is 0 Å². The molecule has 0 fully saturated rings. The van der Waals surface area contributed by atoms with Crippen molar-refractivity contribution in [3.05, 3.63) is 100 Å². The molecule has 1 heterocycles. The molecule has 0 saturated carbocycles. The van der Waals surface area contributed by atoms with Crippen molar-refractivity contribution >= 4 is 40.0 Å². The van der Waals surface area contributed by atoms with Gasteiger partial charge in [-0.1, -0.05) is 100 Å². The van der Waals surface area contributed by atoms with Gasteiger partial charge in [0, 0.05) is 12.2 Å². The van der Waals surface area contributed by atoms with Crippen LogP contribution in [-0.2, 0) is 6.54 Å². The second-order valence-electron chi connectivity index (χ2n) is 6.01. The van der Waals surface area contributed by atoms with E-state index in [2.05, 4.69) is 112 Å². The summed E-state index contributed by atoms with van der Waals surface area (Å²) in [6.07, 6.45) is 2.24. The number of nitrogens with zero attached hydrogens (tertiary/aromatic N) is 1. The van der Waals surface area contributed by atoms with Crippen LogP contribution in [0.2, 0.25) is 0 Å². The molecule has 0 atom stereocenters. The zero-order valence-corrected chi connectivity index (χ0v) is 14.9. The molecule has 116 valence electrons. The van der Waals surface area contributed by atoms with Crippen molar-refractivity contribution in [1.82, 2.24) is 0 Å². The Kier molecular flexibility index (Phi) is 4.27. The molecule has 1 aliphatic rings. The molecule has 1 nitrogen and oxygen atoms in total. The van der Waals surface area contributed by atoms with Crippen molar-refractivity contribution in [3.8, 4) is 0 Å². The van der Waals surface area contributed by atoms with Gasteiger partial charge in [-0.05, 0) is 27.7 Å². The molecule has 24 heavy (non-hydrogen) atoms. The molecule has 0 aromatic heterocycles. The molecule has 0 aliphatic carbocycles. The maximum atomic E-state index is 3.83. The summed E-state index contributed by atoms with van der Waals surface area (Å²) >= 11 is 3.83. The van der Waals surface area contributed by atoms with E-state index in [1.807, 2.05) is 0 Å². The number of para-hydroxylation sites is 1. The van der Waals surface area contributed by atoms with Gasteiger partial charge in [0.1, 0.15) is 0 Å². The van der Waals surface area contributed by atoms with Crippen LogP contribution in [0, 0.1) is 0 Å². The highest BCUT2D eigenvalue weighted by Gasteiger charge is 2.33. The molecular weight excluding hydrogens is 357 g/mol. The summed E-state index contributed by atoms with van der Waals surface area (Å²) in [4.78, 5) is 2.48. The van der Waals surface area contributed by atoms with Gasteiger partial charge in [-0.3, -0.25) is 0 Å². The summed E-state index contributed by atoms with van der Waals surface area (Å²) < 4.78 is 1.20. The Hall–Kier alpha value is -2.26. The number of hydrogen-bond acceptors (Lipinski definition) is 1. The minimum atomic E-state index is 0.196. The topological polar surface area (TPSA) is 3.24 Å². The first-order chi connectivity index (χ1) is 11.8. The Bertz CT molecular complexity index is 861. The number of hydrogen-bond donors (Lipinski definition) is 0. The second kappa shape index (κ2) is 6.70. The van der Waals surface area contributed by atoms with E-state index in [0.29, 0.717) is 0 Å². The Balaban J connectivity index is 1.82. The van der Waals surface area contributed by atoms with Crippen LogP contribution in [0.15, 0.2) is 89.3 Å². The quantitative estimate of drug-likeness (QED) is 0.591. The van der Waals surface area contributed by atoms with Gasteiger partial charge in [-0.2, -0.15) is 0 Å². The molecule has 0 radical (unpaired) electrons. The van der Waals surface area contributed by atoms with E-state index in [1.165, 1.54) is 26.7 Å². The van der Waals surface area contributed by atoms with Crippen LogP contribution in [0.5, 0.6) is 0 Å². The first-order valence-corrected chi connectivity index (χ1v) is 8.94. The van der Waals surface area contributed by atoms with Crippen LogP contribution < -0.4 is 10.3 Å². The van der Waals surface area contributed by atoms with Gasteiger partial charge in [0.2, 0.25) is 0 Å². The maximum absolute atomic E-state index is 3.83. The van der Waals surface area contributed by atoms with Crippen LogP contribution in [0.25, 0.3) is 6.08 Å². The molecule has 0 saturated heterocycles. The van der Waals surface area contributed by atoms with Crippen molar-refractivity contribution in [2.45, 2.75) is 6.54 Å². The Morgan fingerprint density at radius 2 is 1.38 bits per heavy atom. The molecule has 3 aromatic rings. The molecule has 1 aliphatic heterocycles. The molecule has 0 bridgehead atoms. The van der Waals surface area contributed by atoms with E-state index in [0.717, 1.165) is 6.54 Å². The van der Waals surface area contributed by atoms with Crippen molar-refractivity contribution in [1.29, 1.82) is 0 Å². The smallest absolute Gasteiger partial charge is 0.331 e. The lowest BCUT2D eigenvalue weighted by atomic mass is 9.52. The Morgan fingerprint density at radius 3 is 2.12 bits per heavy atom. The second-order valence-corrected chi connectivity index (χ2v) is 6.93. The number of benzene rings is 3. The van der Waals surface area contributed by atoms with E-state index < -0.39 is 0 Å². The zero-order chi connectivity index (χ0) is 16.4. The van der Waals surface area contributed by atoms with E-state index >= 15 is 0 Å². The van der Waals surface area contributed by atoms with Crippen molar-refractivity contribution < 1.29 is 0 Å². The molecule has 3 aromatic carbocycles. The van der Waals surface area contributed by atoms with Crippen molar-refractivity contribution in [3.63, 3.8) is 0 Å². The zero-order valence-electron chi connectivity index (χ0n) is 13.3. The van der Waals surface area contributed by atoms with Crippen LogP contribution in [0.3, 0.4) is 0 Å². The van der Waals surface area contributed by atoms with E-state index in [4.69, 9.17) is 0 Å². The van der Waals surface area contributed by atoms with E-state index in [-0.39, 0.29) is 6.85 Å². The third kappa shape index (κ3) is 2.92. The number of anilines is 1. The molecule has 0 N–H and O–H groups in total.